The molecule has 0 saturated carbocycles. The molecule has 1 aliphatic heterocycles. The van der Waals surface area contributed by atoms with Gasteiger partial charge in [0.1, 0.15) is 11.4 Å². The Bertz CT molecular complexity index is 1420. The highest BCUT2D eigenvalue weighted by molar-refractivity contribution is 6.35. The van der Waals surface area contributed by atoms with Gasteiger partial charge in [0.05, 0.1) is 47.2 Å². The predicted molar refractivity (Wildman–Crippen MR) is 131 cm³/mol. The number of rotatable bonds is 7. The lowest BCUT2D eigenvalue weighted by atomic mass is 10.0. The number of nitrogens with zero attached hydrogens (tertiary/aromatic N) is 1. The van der Waals surface area contributed by atoms with Gasteiger partial charge in [-0.25, -0.2) is 13.8 Å². The highest BCUT2D eigenvalue weighted by atomic mass is 35.5. The first-order valence-electron chi connectivity index (χ1n) is 11.4. The van der Waals surface area contributed by atoms with Gasteiger partial charge in [-0.3, -0.25) is 4.79 Å². The van der Waals surface area contributed by atoms with Crippen LogP contribution in [-0.2, 0) is 4.74 Å². The zero-order valence-corrected chi connectivity index (χ0v) is 19.7. The van der Waals surface area contributed by atoms with E-state index >= 15 is 0 Å². The maximum atomic E-state index is 14.9. The summed E-state index contributed by atoms with van der Waals surface area (Å²) in [7, 11) is 0. The van der Waals surface area contributed by atoms with Crippen molar-refractivity contribution in [1.29, 1.82) is 0 Å². The third-order valence-corrected chi connectivity index (χ3v) is 6.38. The molecule has 1 saturated heterocycles. The molecule has 0 bridgehead atoms. The molecule has 186 valence electrons. The molecule has 0 spiro atoms. The van der Waals surface area contributed by atoms with E-state index in [-0.39, 0.29) is 58.7 Å². The van der Waals surface area contributed by atoms with Crippen molar-refractivity contribution in [3.63, 3.8) is 0 Å². The number of nitrogens with one attached hydrogen (secondary N) is 2. The first-order valence-corrected chi connectivity index (χ1v) is 11.7. The molecule has 3 N–H and O–H groups in total. The van der Waals surface area contributed by atoms with Gasteiger partial charge in [-0.2, -0.15) is 0 Å². The standard InChI is InChI=1S/C26H22ClF2N3O4/c27-19-9-15(36-22-4-2-1-3-20(22)28)7-8-17(19)25(34)18-10-30-26-23(18)24(21(29)11-31-26)32-14-5-6-16(12-33)35-13-14/h1-4,7-11,14,16,33H,5-6,12-13H2,(H2,30,31,32)/t14-,16+/m1/s1. The van der Waals surface area contributed by atoms with E-state index in [0.29, 0.717) is 23.9 Å². The molecule has 2 aromatic carbocycles. The quantitative estimate of drug-likeness (QED) is 0.284. The molecule has 0 unspecified atom stereocenters. The number of fused-ring (bicyclic) bond motifs is 1. The molecule has 0 amide bonds. The number of pyridine rings is 1. The Morgan fingerprint density at radius 1 is 1.19 bits per heavy atom. The lowest BCUT2D eigenvalue weighted by molar-refractivity contribution is -0.0223. The molecule has 36 heavy (non-hydrogen) atoms. The van der Waals surface area contributed by atoms with Gasteiger partial charge in [0.15, 0.2) is 23.2 Å². The van der Waals surface area contributed by atoms with E-state index in [1.165, 1.54) is 36.5 Å². The van der Waals surface area contributed by atoms with E-state index in [2.05, 4.69) is 15.3 Å². The second-order valence-electron chi connectivity index (χ2n) is 8.47. The molecule has 7 nitrogen and oxygen atoms in total. The van der Waals surface area contributed by atoms with Crippen LogP contribution >= 0.6 is 11.6 Å². The summed E-state index contributed by atoms with van der Waals surface area (Å²) in [6, 6.07) is 10.1. The summed E-state index contributed by atoms with van der Waals surface area (Å²) in [5.41, 5.74) is 0.828. The maximum Gasteiger partial charge on any atom is 0.196 e. The first-order chi connectivity index (χ1) is 17.4. The minimum atomic E-state index is -0.611. The number of aliphatic hydroxyl groups is 1. The molecule has 3 heterocycles. The molecule has 2 aromatic heterocycles. The smallest absolute Gasteiger partial charge is 0.196 e. The molecule has 4 aromatic rings. The third-order valence-electron chi connectivity index (χ3n) is 6.07. The topological polar surface area (TPSA) is 96.5 Å². The number of para-hydroxylation sites is 1. The van der Waals surface area contributed by atoms with Crippen LogP contribution in [0.1, 0.15) is 28.8 Å². The SMILES string of the molecule is O=C(c1ccc(Oc2ccccc2F)cc1Cl)c1c[nH]c2ncc(F)c(N[C@@H]3CC[C@@H](CO)OC3)c12. The Hall–Kier alpha value is -3.53. The number of hydrogen-bond acceptors (Lipinski definition) is 6. The second kappa shape index (κ2) is 10.2. The van der Waals surface area contributed by atoms with Gasteiger partial charge in [0.25, 0.3) is 0 Å². The van der Waals surface area contributed by atoms with Crippen molar-refractivity contribution in [1.82, 2.24) is 9.97 Å². The van der Waals surface area contributed by atoms with Crippen LogP contribution in [0.5, 0.6) is 11.5 Å². The maximum absolute atomic E-state index is 14.9. The lowest BCUT2D eigenvalue weighted by Crippen LogP contribution is -2.36. The highest BCUT2D eigenvalue weighted by Gasteiger charge is 2.26. The van der Waals surface area contributed by atoms with Gasteiger partial charge in [0, 0.05) is 23.9 Å². The Kier molecular flexibility index (Phi) is 6.86. The van der Waals surface area contributed by atoms with Crippen molar-refractivity contribution in [2.75, 3.05) is 18.5 Å². The number of benzene rings is 2. The molecule has 5 rings (SSSR count). The average molecular weight is 514 g/mol. The first kappa shape index (κ1) is 24.2. The number of aromatic amines is 1. The van der Waals surface area contributed by atoms with E-state index in [1.54, 1.807) is 12.1 Å². The van der Waals surface area contributed by atoms with Gasteiger partial charge in [-0.05, 0) is 37.1 Å². The molecule has 1 fully saturated rings. The van der Waals surface area contributed by atoms with Gasteiger partial charge < -0.3 is 24.9 Å². The van der Waals surface area contributed by atoms with E-state index < -0.39 is 17.4 Å². The van der Waals surface area contributed by atoms with Gasteiger partial charge in [-0.1, -0.05) is 23.7 Å². The van der Waals surface area contributed by atoms with Crippen LogP contribution in [0.3, 0.4) is 0 Å². The summed E-state index contributed by atoms with van der Waals surface area (Å²) in [4.78, 5) is 20.5. The Morgan fingerprint density at radius 2 is 2.03 bits per heavy atom. The molecular formula is C26H22ClF2N3O4. The molecule has 2 atom stereocenters. The molecule has 0 aliphatic carbocycles. The normalized spacial score (nSPS) is 17.8. The number of ketones is 1. The largest absolute Gasteiger partial charge is 0.454 e. The number of carbonyl (C=O) groups excluding carboxylic acids is 1. The predicted octanol–water partition coefficient (Wildman–Crippen LogP) is 5.47. The van der Waals surface area contributed by atoms with Crippen molar-refractivity contribution >= 4 is 34.1 Å². The molecular weight excluding hydrogens is 492 g/mol. The summed E-state index contributed by atoms with van der Waals surface area (Å²) in [6.45, 7) is 0.222. The fourth-order valence-corrected chi connectivity index (χ4v) is 4.46. The van der Waals surface area contributed by atoms with Crippen molar-refractivity contribution < 1.29 is 28.2 Å². The number of carbonyl (C=O) groups is 1. The zero-order chi connectivity index (χ0) is 25.2. The summed E-state index contributed by atoms with van der Waals surface area (Å²) in [6.07, 6.45) is 3.60. The van der Waals surface area contributed by atoms with E-state index in [4.69, 9.17) is 21.1 Å². The summed E-state index contributed by atoms with van der Waals surface area (Å²) >= 11 is 6.41. The van der Waals surface area contributed by atoms with Crippen LogP contribution in [-0.4, -0.2) is 46.2 Å². The fourth-order valence-electron chi connectivity index (χ4n) is 4.20. The Labute approximate surface area is 210 Å². The molecule has 0 radical (unpaired) electrons. The van der Waals surface area contributed by atoms with Crippen molar-refractivity contribution in [2.24, 2.45) is 0 Å². The molecule has 10 heteroatoms. The summed E-state index contributed by atoms with van der Waals surface area (Å²) < 4.78 is 40.0. The van der Waals surface area contributed by atoms with Crippen LogP contribution in [0.15, 0.2) is 54.9 Å². The van der Waals surface area contributed by atoms with Gasteiger partial charge >= 0.3 is 0 Å². The lowest BCUT2D eigenvalue weighted by Gasteiger charge is -2.29. The van der Waals surface area contributed by atoms with Crippen molar-refractivity contribution in [2.45, 2.75) is 25.0 Å². The Balaban J connectivity index is 1.44. The fraction of sp³-hybridized carbons (Fsp3) is 0.231. The minimum absolute atomic E-state index is 0.0264. The Morgan fingerprint density at radius 3 is 2.75 bits per heavy atom. The zero-order valence-electron chi connectivity index (χ0n) is 18.9. The number of aliphatic hydroxyl groups excluding tert-OH is 1. The highest BCUT2D eigenvalue weighted by Crippen LogP contribution is 2.34. The number of ether oxygens (including phenoxy) is 2. The number of H-pyrrole nitrogens is 1. The minimum Gasteiger partial charge on any atom is -0.454 e. The molecule has 1 aliphatic rings. The van der Waals surface area contributed by atoms with E-state index in [1.807, 2.05) is 0 Å². The third kappa shape index (κ3) is 4.77. The average Bonchev–Trinajstić information content (AvgIpc) is 3.32. The second-order valence-corrected chi connectivity index (χ2v) is 8.87. The van der Waals surface area contributed by atoms with E-state index in [9.17, 15) is 18.7 Å². The van der Waals surface area contributed by atoms with Crippen LogP contribution in [0, 0.1) is 11.6 Å². The van der Waals surface area contributed by atoms with Crippen LogP contribution in [0.25, 0.3) is 11.0 Å². The summed E-state index contributed by atoms with van der Waals surface area (Å²) in [5.74, 6) is -1.30. The number of aromatic nitrogens is 2. The summed E-state index contributed by atoms with van der Waals surface area (Å²) in [5, 5.41) is 12.8. The number of anilines is 1. The van der Waals surface area contributed by atoms with Crippen LogP contribution in [0.4, 0.5) is 14.5 Å². The van der Waals surface area contributed by atoms with Crippen molar-refractivity contribution in [3.8, 4) is 11.5 Å². The van der Waals surface area contributed by atoms with Gasteiger partial charge in [-0.15, -0.1) is 0 Å². The monoisotopic (exact) mass is 513 g/mol. The number of halogens is 3. The number of hydrogen-bond donors (Lipinski definition) is 3. The van der Waals surface area contributed by atoms with Crippen LogP contribution < -0.4 is 10.1 Å². The van der Waals surface area contributed by atoms with Crippen molar-refractivity contribution in [3.05, 3.63) is 82.6 Å². The van der Waals surface area contributed by atoms with Gasteiger partial charge in [0.2, 0.25) is 0 Å². The van der Waals surface area contributed by atoms with Crippen LogP contribution in [0.2, 0.25) is 5.02 Å². The van der Waals surface area contributed by atoms with E-state index in [0.717, 1.165) is 6.20 Å².